The fourth-order valence-electron chi connectivity index (χ4n) is 2.11. The van der Waals surface area contributed by atoms with Crippen molar-refractivity contribution in [2.45, 2.75) is 11.4 Å². The molecule has 27 heavy (non-hydrogen) atoms. The van der Waals surface area contributed by atoms with Crippen LogP contribution in [0.5, 0.6) is 5.75 Å². The lowest BCUT2D eigenvalue weighted by atomic mass is 10.2. The first-order valence-electron chi connectivity index (χ1n) is 7.69. The van der Waals surface area contributed by atoms with Crippen molar-refractivity contribution in [2.75, 3.05) is 12.4 Å². The van der Waals surface area contributed by atoms with Gasteiger partial charge in [-0.15, -0.1) is 0 Å². The van der Waals surface area contributed by atoms with Crippen LogP contribution in [0.1, 0.15) is 5.56 Å². The number of methoxy groups -OCH3 is 1. The zero-order chi connectivity index (χ0) is 19.9. The predicted octanol–water partition coefficient (Wildman–Crippen LogP) is 2.08. The summed E-state index contributed by atoms with van der Waals surface area (Å²) in [4.78, 5) is 11.8. The maximum atomic E-state index is 12.1. The summed E-state index contributed by atoms with van der Waals surface area (Å²) >= 11 is 0. The third-order valence-electron chi connectivity index (χ3n) is 3.46. The number of ether oxygens (including phenoxy) is 1. The Morgan fingerprint density at radius 1 is 1.26 bits per heavy atom. The summed E-state index contributed by atoms with van der Waals surface area (Å²) in [5.74, 6) is 0.0418. The summed E-state index contributed by atoms with van der Waals surface area (Å²) in [6.07, 6.45) is 1.29. The van der Waals surface area contributed by atoms with Gasteiger partial charge in [0.1, 0.15) is 17.4 Å². The number of hydrogen-bond donors (Lipinski definition) is 3. The lowest BCUT2D eigenvalue weighted by molar-refractivity contribution is -0.112. The Hall–Kier alpha value is -3.35. The van der Waals surface area contributed by atoms with Crippen molar-refractivity contribution in [2.24, 2.45) is 0 Å². The molecule has 0 aliphatic heterocycles. The van der Waals surface area contributed by atoms with E-state index in [2.05, 4.69) is 10.6 Å². The number of rotatable bonds is 7. The number of nitriles is 1. The smallest absolute Gasteiger partial charge is 0.294 e. The topological polar surface area (TPSA) is 129 Å². The molecule has 8 nitrogen and oxygen atoms in total. The van der Waals surface area contributed by atoms with Gasteiger partial charge in [-0.1, -0.05) is 12.1 Å². The molecule has 0 unspecified atom stereocenters. The van der Waals surface area contributed by atoms with Gasteiger partial charge in [0.05, 0.1) is 12.0 Å². The van der Waals surface area contributed by atoms with Gasteiger partial charge in [0.25, 0.3) is 16.0 Å². The number of carbonyl (C=O) groups excluding carboxylic acids is 1. The van der Waals surface area contributed by atoms with Gasteiger partial charge in [0, 0.05) is 18.4 Å². The van der Waals surface area contributed by atoms with Crippen LogP contribution in [0.15, 0.2) is 65.2 Å². The molecule has 2 aromatic carbocycles. The van der Waals surface area contributed by atoms with E-state index in [9.17, 15) is 13.2 Å². The van der Waals surface area contributed by atoms with E-state index in [1.165, 1.54) is 18.3 Å². The Kier molecular flexibility index (Phi) is 6.54. The van der Waals surface area contributed by atoms with Crippen LogP contribution in [0.2, 0.25) is 0 Å². The largest absolute Gasteiger partial charge is 0.497 e. The average molecular weight is 387 g/mol. The number of hydrogen-bond acceptors (Lipinski definition) is 6. The molecule has 0 heterocycles. The number of nitrogens with one attached hydrogen (secondary N) is 2. The molecule has 0 aromatic heterocycles. The highest BCUT2D eigenvalue weighted by molar-refractivity contribution is 7.85. The van der Waals surface area contributed by atoms with Gasteiger partial charge < -0.3 is 15.4 Å². The monoisotopic (exact) mass is 387 g/mol. The van der Waals surface area contributed by atoms with E-state index in [1.807, 2.05) is 18.2 Å². The molecule has 2 rings (SSSR count). The predicted molar refractivity (Wildman–Crippen MR) is 98.4 cm³/mol. The molecule has 0 spiro atoms. The molecule has 0 aliphatic carbocycles. The SMILES string of the molecule is COc1cccc(CN/C=C(/C#N)C(=O)Nc2ccc(S(=O)(=O)O)cc2)c1. The zero-order valence-electron chi connectivity index (χ0n) is 14.3. The third-order valence-corrected chi connectivity index (χ3v) is 4.33. The summed E-state index contributed by atoms with van der Waals surface area (Å²) in [6, 6.07) is 14.0. The van der Waals surface area contributed by atoms with Crippen LogP contribution in [0.3, 0.4) is 0 Å². The Morgan fingerprint density at radius 3 is 2.56 bits per heavy atom. The Morgan fingerprint density at radius 2 is 1.96 bits per heavy atom. The van der Waals surface area contributed by atoms with Crippen LogP contribution in [0, 0.1) is 11.3 Å². The van der Waals surface area contributed by atoms with E-state index < -0.39 is 16.0 Å². The molecule has 0 fully saturated rings. The van der Waals surface area contributed by atoms with Crippen LogP contribution < -0.4 is 15.4 Å². The molecule has 0 saturated heterocycles. The molecular formula is C18H17N3O5S. The first kappa shape index (κ1) is 20.0. The van der Waals surface area contributed by atoms with Crippen LogP contribution in [-0.2, 0) is 21.5 Å². The highest BCUT2D eigenvalue weighted by atomic mass is 32.2. The molecular weight excluding hydrogens is 370 g/mol. The fourth-order valence-corrected chi connectivity index (χ4v) is 2.59. The Labute approximate surface area is 156 Å². The number of nitrogens with zero attached hydrogens (tertiary/aromatic N) is 1. The van der Waals surface area contributed by atoms with E-state index in [1.54, 1.807) is 19.2 Å². The van der Waals surface area contributed by atoms with Gasteiger partial charge in [-0.3, -0.25) is 9.35 Å². The Bertz CT molecular complexity index is 992. The van der Waals surface area contributed by atoms with Crippen molar-refractivity contribution in [3.05, 3.63) is 65.9 Å². The quantitative estimate of drug-likeness (QED) is 0.377. The average Bonchev–Trinajstić information content (AvgIpc) is 2.65. The lowest BCUT2D eigenvalue weighted by Gasteiger charge is -2.07. The number of benzene rings is 2. The van der Waals surface area contributed by atoms with Gasteiger partial charge in [-0.2, -0.15) is 13.7 Å². The Balaban J connectivity index is 2.00. The fraction of sp³-hybridized carbons (Fsp3) is 0.111. The van der Waals surface area contributed by atoms with E-state index in [-0.39, 0.29) is 16.2 Å². The first-order chi connectivity index (χ1) is 12.8. The van der Waals surface area contributed by atoms with Crippen LogP contribution in [0.25, 0.3) is 0 Å². The van der Waals surface area contributed by atoms with Crippen LogP contribution >= 0.6 is 0 Å². The maximum Gasteiger partial charge on any atom is 0.294 e. The van der Waals surface area contributed by atoms with E-state index in [0.717, 1.165) is 17.7 Å². The molecule has 140 valence electrons. The van der Waals surface area contributed by atoms with Crippen molar-refractivity contribution < 1.29 is 22.5 Å². The number of carbonyl (C=O) groups is 1. The van der Waals surface area contributed by atoms with Crippen LogP contribution in [-0.4, -0.2) is 26.0 Å². The minimum atomic E-state index is -4.31. The second-order valence-electron chi connectivity index (χ2n) is 5.36. The van der Waals surface area contributed by atoms with Crippen molar-refractivity contribution in [3.8, 4) is 11.8 Å². The molecule has 9 heteroatoms. The van der Waals surface area contributed by atoms with E-state index >= 15 is 0 Å². The molecule has 3 N–H and O–H groups in total. The summed E-state index contributed by atoms with van der Waals surface area (Å²) in [7, 11) is -2.75. The van der Waals surface area contributed by atoms with E-state index in [4.69, 9.17) is 14.6 Å². The first-order valence-corrected chi connectivity index (χ1v) is 9.13. The summed E-state index contributed by atoms with van der Waals surface area (Å²) in [6.45, 7) is 0.388. The second-order valence-corrected chi connectivity index (χ2v) is 6.78. The van der Waals surface area contributed by atoms with Crippen molar-refractivity contribution in [1.82, 2.24) is 5.32 Å². The summed E-state index contributed by atoms with van der Waals surface area (Å²) < 4.78 is 36.0. The third kappa shape index (κ3) is 5.85. The minimum absolute atomic E-state index is 0.156. The normalized spacial score (nSPS) is 11.4. The van der Waals surface area contributed by atoms with Gasteiger partial charge in [0.2, 0.25) is 0 Å². The van der Waals surface area contributed by atoms with Crippen molar-refractivity contribution in [1.29, 1.82) is 5.26 Å². The zero-order valence-corrected chi connectivity index (χ0v) is 15.2. The standard InChI is InChI=1S/C18H17N3O5S/c1-26-16-4-2-3-13(9-16)11-20-12-14(10-19)18(22)21-15-5-7-17(8-6-15)27(23,24)25/h2-9,12,20H,11H2,1H3,(H,21,22)(H,23,24,25)/b14-12-. The molecule has 0 atom stereocenters. The minimum Gasteiger partial charge on any atom is -0.497 e. The molecule has 1 amide bonds. The molecule has 0 saturated carbocycles. The highest BCUT2D eigenvalue weighted by Gasteiger charge is 2.12. The van der Waals surface area contributed by atoms with Crippen LogP contribution in [0.4, 0.5) is 5.69 Å². The second kappa shape index (κ2) is 8.84. The van der Waals surface area contributed by atoms with E-state index in [0.29, 0.717) is 12.3 Å². The molecule has 2 aromatic rings. The van der Waals surface area contributed by atoms with Gasteiger partial charge in [-0.05, 0) is 42.0 Å². The molecule has 0 aliphatic rings. The van der Waals surface area contributed by atoms with Gasteiger partial charge >= 0.3 is 0 Å². The molecule has 0 bridgehead atoms. The summed E-state index contributed by atoms with van der Waals surface area (Å²) in [5, 5.41) is 14.5. The molecule has 0 radical (unpaired) electrons. The van der Waals surface area contributed by atoms with Crippen molar-refractivity contribution >= 4 is 21.7 Å². The summed E-state index contributed by atoms with van der Waals surface area (Å²) in [5.41, 5.74) is 1.03. The maximum absolute atomic E-state index is 12.1. The lowest BCUT2D eigenvalue weighted by Crippen LogP contribution is -2.16. The van der Waals surface area contributed by atoms with Gasteiger partial charge in [0.15, 0.2) is 0 Å². The van der Waals surface area contributed by atoms with Gasteiger partial charge in [-0.25, -0.2) is 0 Å². The number of anilines is 1. The highest BCUT2D eigenvalue weighted by Crippen LogP contribution is 2.15. The van der Waals surface area contributed by atoms with Crippen molar-refractivity contribution in [3.63, 3.8) is 0 Å². The number of amides is 1.